The van der Waals surface area contributed by atoms with E-state index in [-0.39, 0.29) is 5.41 Å². The van der Waals surface area contributed by atoms with Gasteiger partial charge in [0.2, 0.25) is 0 Å². The van der Waals surface area contributed by atoms with Crippen LogP contribution in [0.3, 0.4) is 0 Å². The summed E-state index contributed by atoms with van der Waals surface area (Å²) in [7, 11) is 0. The molecule has 1 heterocycles. The van der Waals surface area contributed by atoms with Gasteiger partial charge in [-0.3, -0.25) is 0 Å². The molecule has 2 fully saturated rings. The third kappa shape index (κ3) is 0.741. The minimum atomic E-state index is -0.0694. The van der Waals surface area contributed by atoms with E-state index in [1.165, 1.54) is 12.8 Å². The fourth-order valence-corrected chi connectivity index (χ4v) is 1.88. The second-order valence-corrected chi connectivity index (χ2v) is 3.30. The maximum Gasteiger partial charge on any atom is 0.0995 e. The second-order valence-electron chi connectivity index (χ2n) is 3.30. The number of nitrogens with zero attached hydrogens (tertiary/aromatic N) is 1. The zero-order chi connectivity index (χ0) is 7.03. The molecule has 1 unspecified atom stereocenters. The molecule has 0 bridgehead atoms. The Morgan fingerprint density at radius 1 is 1.40 bits per heavy atom. The highest BCUT2D eigenvalue weighted by Gasteiger charge is 2.48. The van der Waals surface area contributed by atoms with Gasteiger partial charge in [0.1, 0.15) is 0 Å². The number of hydrogen-bond donors (Lipinski definition) is 0. The molecule has 2 aliphatic rings. The van der Waals surface area contributed by atoms with Crippen LogP contribution in [0.1, 0.15) is 25.7 Å². The van der Waals surface area contributed by atoms with E-state index in [2.05, 4.69) is 6.07 Å². The van der Waals surface area contributed by atoms with Crippen molar-refractivity contribution >= 4 is 0 Å². The lowest BCUT2D eigenvalue weighted by molar-refractivity contribution is 0.268. The van der Waals surface area contributed by atoms with Crippen LogP contribution in [-0.2, 0) is 4.74 Å². The predicted molar refractivity (Wildman–Crippen MR) is 36.3 cm³/mol. The highest BCUT2D eigenvalue weighted by Crippen LogP contribution is 2.45. The average molecular weight is 137 g/mol. The Hall–Kier alpha value is -0.550. The molecule has 0 aromatic carbocycles. The van der Waals surface area contributed by atoms with Crippen molar-refractivity contribution in [2.45, 2.75) is 31.8 Å². The summed E-state index contributed by atoms with van der Waals surface area (Å²) >= 11 is 0. The van der Waals surface area contributed by atoms with Crippen LogP contribution in [0.4, 0.5) is 0 Å². The molecule has 54 valence electrons. The summed E-state index contributed by atoms with van der Waals surface area (Å²) in [6.45, 7) is 0.827. The normalized spacial score (nSPS) is 35.3. The lowest BCUT2D eigenvalue weighted by Gasteiger charge is -2.15. The molecule has 2 nitrogen and oxygen atoms in total. The lowest BCUT2D eigenvalue weighted by atomic mass is 9.85. The number of epoxide rings is 1. The molecule has 1 saturated heterocycles. The molecular formula is C8H11NO. The van der Waals surface area contributed by atoms with Gasteiger partial charge in [0.15, 0.2) is 0 Å². The van der Waals surface area contributed by atoms with E-state index in [1.54, 1.807) is 0 Å². The van der Waals surface area contributed by atoms with Crippen molar-refractivity contribution in [1.29, 1.82) is 5.26 Å². The van der Waals surface area contributed by atoms with Gasteiger partial charge in [0, 0.05) is 0 Å². The van der Waals surface area contributed by atoms with Crippen LogP contribution in [0.2, 0.25) is 0 Å². The summed E-state index contributed by atoms with van der Waals surface area (Å²) in [6.07, 6.45) is 4.85. The highest BCUT2D eigenvalue weighted by atomic mass is 16.6. The molecule has 0 aromatic rings. The summed E-state index contributed by atoms with van der Waals surface area (Å²) in [5.41, 5.74) is -0.0694. The summed E-state index contributed by atoms with van der Waals surface area (Å²) in [4.78, 5) is 0. The van der Waals surface area contributed by atoms with Gasteiger partial charge < -0.3 is 4.74 Å². The quantitative estimate of drug-likeness (QED) is 0.513. The number of hydrogen-bond acceptors (Lipinski definition) is 2. The largest absolute Gasteiger partial charge is 0.371 e. The standard InChI is InChI=1S/C8H11NO/c9-6-8(7-5-10-7)3-1-2-4-8/h7H,1-5H2. The molecule has 0 N–H and O–H groups in total. The minimum absolute atomic E-state index is 0.0694. The van der Waals surface area contributed by atoms with Crippen LogP contribution < -0.4 is 0 Å². The average Bonchev–Trinajstić information content (AvgIpc) is 2.71. The molecule has 0 spiro atoms. The molecule has 1 atom stereocenters. The zero-order valence-electron chi connectivity index (χ0n) is 5.97. The van der Waals surface area contributed by atoms with Gasteiger partial charge in [-0.25, -0.2) is 0 Å². The molecule has 0 amide bonds. The first-order chi connectivity index (χ1) is 4.87. The molecule has 1 aliphatic carbocycles. The van der Waals surface area contributed by atoms with E-state index in [0.29, 0.717) is 6.10 Å². The molecule has 2 rings (SSSR count). The first-order valence-electron chi connectivity index (χ1n) is 3.90. The summed E-state index contributed by atoms with van der Waals surface area (Å²) in [6, 6.07) is 2.41. The van der Waals surface area contributed by atoms with Crippen LogP contribution in [0.15, 0.2) is 0 Å². The molecule has 10 heavy (non-hydrogen) atoms. The van der Waals surface area contributed by atoms with Crippen LogP contribution >= 0.6 is 0 Å². The molecule has 0 aromatic heterocycles. The van der Waals surface area contributed by atoms with Gasteiger partial charge in [0.25, 0.3) is 0 Å². The third-order valence-corrected chi connectivity index (χ3v) is 2.67. The topological polar surface area (TPSA) is 36.3 Å². The van der Waals surface area contributed by atoms with Crippen molar-refractivity contribution in [3.05, 3.63) is 0 Å². The van der Waals surface area contributed by atoms with Crippen molar-refractivity contribution in [3.8, 4) is 6.07 Å². The predicted octanol–water partition coefficient (Wildman–Crippen LogP) is 1.47. The molecular weight excluding hydrogens is 126 g/mol. The Morgan fingerprint density at radius 2 is 2.00 bits per heavy atom. The maximum absolute atomic E-state index is 8.90. The van der Waals surface area contributed by atoms with Crippen molar-refractivity contribution in [2.75, 3.05) is 6.61 Å². The van der Waals surface area contributed by atoms with E-state index in [1.807, 2.05) is 0 Å². The Kier molecular flexibility index (Phi) is 1.21. The van der Waals surface area contributed by atoms with Crippen molar-refractivity contribution in [2.24, 2.45) is 5.41 Å². The van der Waals surface area contributed by atoms with Crippen molar-refractivity contribution in [1.82, 2.24) is 0 Å². The fourth-order valence-electron chi connectivity index (χ4n) is 1.88. The number of ether oxygens (including phenoxy) is 1. The Labute approximate surface area is 60.8 Å². The lowest BCUT2D eigenvalue weighted by Crippen LogP contribution is -2.20. The number of rotatable bonds is 1. The summed E-state index contributed by atoms with van der Waals surface area (Å²) < 4.78 is 5.16. The van der Waals surface area contributed by atoms with E-state index in [0.717, 1.165) is 19.4 Å². The Balaban J connectivity index is 2.14. The Bertz CT molecular complexity index is 172. The van der Waals surface area contributed by atoms with Crippen LogP contribution in [0.5, 0.6) is 0 Å². The van der Waals surface area contributed by atoms with E-state index in [4.69, 9.17) is 10.00 Å². The molecule has 1 aliphatic heterocycles. The van der Waals surface area contributed by atoms with Crippen LogP contribution in [-0.4, -0.2) is 12.7 Å². The van der Waals surface area contributed by atoms with Crippen LogP contribution in [0, 0.1) is 16.7 Å². The first kappa shape index (κ1) is 6.18. The Morgan fingerprint density at radius 3 is 2.40 bits per heavy atom. The third-order valence-electron chi connectivity index (χ3n) is 2.67. The van der Waals surface area contributed by atoms with E-state index in [9.17, 15) is 0 Å². The maximum atomic E-state index is 8.90. The van der Waals surface area contributed by atoms with Gasteiger partial charge in [-0.1, -0.05) is 12.8 Å². The smallest absolute Gasteiger partial charge is 0.0995 e. The van der Waals surface area contributed by atoms with Gasteiger partial charge in [0.05, 0.1) is 24.2 Å². The van der Waals surface area contributed by atoms with Crippen molar-refractivity contribution < 1.29 is 4.74 Å². The molecule has 1 saturated carbocycles. The SMILES string of the molecule is N#CC1(C2CO2)CCCC1. The van der Waals surface area contributed by atoms with Crippen molar-refractivity contribution in [3.63, 3.8) is 0 Å². The number of nitriles is 1. The van der Waals surface area contributed by atoms with Gasteiger partial charge in [-0.05, 0) is 12.8 Å². The van der Waals surface area contributed by atoms with E-state index >= 15 is 0 Å². The van der Waals surface area contributed by atoms with Crippen LogP contribution in [0.25, 0.3) is 0 Å². The van der Waals surface area contributed by atoms with Gasteiger partial charge >= 0.3 is 0 Å². The monoisotopic (exact) mass is 137 g/mol. The fraction of sp³-hybridized carbons (Fsp3) is 0.875. The van der Waals surface area contributed by atoms with Gasteiger partial charge in [-0.2, -0.15) is 5.26 Å². The summed E-state index contributed by atoms with van der Waals surface area (Å²) in [5, 5.41) is 8.90. The molecule has 2 heteroatoms. The second kappa shape index (κ2) is 1.96. The zero-order valence-corrected chi connectivity index (χ0v) is 5.97. The summed E-state index contributed by atoms with van der Waals surface area (Å²) in [5.74, 6) is 0. The first-order valence-corrected chi connectivity index (χ1v) is 3.90. The molecule has 0 radical (unpaired) electrons. The minimum Gasteiger partial charge on any atom is -0.371 e. The van der Waals surface area contributed by atoms with E-state index < -0.39 is 0 Å². The highest BCUT2D eigenvalue weighted by molar-refractivity contribution is 5.10. The van der Waals surface area contributed by atoms with Gasteiger partial charge in [-0.15, -0.1) is 0 Å².